The molecule has 3 aromatic carbocycles. The molecule has 2 nitrogen and oxygen atoms in total. The van der Waals surface area contributed by atoms with Gasteiger partial charge in [-0.2, -0.15) is 0 Å². The van der Waals surface area contributed by atoms with Gasteiger partial charge < -0.3 is 0 Å². The van der Waals surface area contributed by atoms with Gasteiger partial charge in [-0.15, -0.1) is 19.4 Å². The summed E-state index contributed by atoms with van der Waals surface area (Å²) in [5.74, 6) is 1.70. The van der Waals surface area contributed by atoms with E-state index in [1.807, 2.05) is 0 Å². The van der Waals surface area contributed by atoms with E-state index in [2.05, 4.69) is 151 Å². The maximum Gasteiger partial charge on any atom is 0.135 e. The summed E-state index contributed by atoms with van der Waals surface area (Å²) in [6.07, 6.45) is 4.53. The van der Waals surface area contributed by atoms with Crippen molar-refractivity contribution in [1.29, 1.82) is 0 Å². The maximum atomic E-state index is 2.43. The highest BCUT2D eigenvalue weighted by Crippen LogP contribution is 2.31. The molecule has 1 aromatic heterocycles. The van der Waals surface area contributed by atoms with Crippen molar-refractivity contribution < 1.29 is 4.57 Å². The minimum Gasteiger partial charge on any atom is -0.267 e. The minimum absolute atomic E-state index is 0.424. The molecule has 0 N–H and O–H groups in total. The number of hydrogen-bond acceptors (Lipinski definition) is 0. The van der Waals surface area contributed by atoms with Crippen LogP contribution in [0.4, 0.5) is 0 Å². The fourth-order valence-corrected chi connectivity index (χ4v) is 5.20. The molecule has 186 valence electrons. The Morgan fingerprint density at radius 1 is 0.583 bits per heavy atom. The predicted molar refractivity (Wildman–Crippen MR) is 155 cm³/mol. The van der Waals surface area contributed by atoms with Crippen LogP contribution in [0.15, 0.2) is 79.1 Å². The van der Waals surface area contributed by atoms with Crippen molar-refractivity contribution >= 4 is 18.5 Å². The van der Waals surface area contributed by atoms with Gasteiger partial charge in [0.25, 0.3) is 0 Å². The monoisotopic (exact) mass is 476 g/mol. The highest BCUT2D eigenvalue weighted by Gasteiger charge is 2.25. The van der Waals surface area contributed by atoms with Crippen LogP contribution >= 0.6 is 0 Å². The molecular weight excluding hydrogens is 435 g/mol. The van der Waals surface area contributed by atoms with E-state index < -0.39 is 0 Å². The zero-order valence-corrected chi connectivity index (χ0v) is 23.3. The van der Waals surface area contributed by atoms with Crippen molar-refractivity contribution in [2.24, 2.45) is 0 Å². The predicted octanol–water partition coefficient (Wildman–Crippen LogP) is 6.90. The van der Waals surface area contributed by atoms with E-state index in [0.29, 0.717) is 23.7 Å². The molecular formula is C33H41BN2. The molecule has 0 unspecified atom stereocenters. The smallest absolute Gasteiger partial charge is 0.135 e. The fourth-order valence-electron chi connectivity index (χ4n) is 5.20. The normalized spacial score (nSPS) is 11.9. The van der Waals surface area contributed by atoms with E-state index >= 15 is 0 Å². The summed E-state index contributed by atoms with van der Waals surface area (Å²) in [5.41, 5.74) is 10.5. The summed E-state index contributed by atoms with van der Waals surface area (Å²) in [4.78, 5) is 0. The van der Waals surface area contributed by atoms with Gasteiger partial charge in [-0.25, -0.2) is 9.13 Å². The first-order chi connectivity index (χ1) is 17.2. The first-order valence-corrected chi connectivity index (χ1v) is 13.5. The molecule has 3 heteroatoms. The first-order valence-electron chi connectivity index (χ1n) is 13.5. The minimum atomic E-state index is 0.424. The third kappa shape index (κ3) is 5.07. The maximum absolute atomic E-state index is 2.43. The zero-order valence-electron chi connectivity index (χ0n) is 23.3. The van der Waals surface area contributed by atoms with Crippen LogP contribution in [-0.2, 0) is 0 Å². The number of hydrogen-bond donors (Lipinski definition) is 0. The molecule has 0 aliphatic carbocycles. The van der Waals surface area contributed by atoms with Gasteiger partial charge in [0, 0.05) is 28.0 Å². The Kier molecular flexibility index (Phi) is 7.88. The second kappa shape index (κ2) is 10.9. The lowest BCUT2D eigenvalue weighted by molar-refractivity contribution is -0.576. The molecule has 4 aromatic rings. The summed E-state index contributed by atoms with van der Waals surface area (Å²) in [6, 6.07) is 24.3. The summed E-state index contributed by atoms with van der Waals surface area (Å²) >= 11 is 0. The van der Waals surface area contributed by atoms with Crippen LogP contribution in [-0.4, -0.2) is 11.8 Å². The number of rotatable bonds is 8. The van der Waals surface area contributed by atoms with E-state index in [0.717, 1.165) is 0 Å². The van der Waals surface area contributed by atoms with Crippen molar-refractivity contribution in [3.8, 4) is 11.4 Å². The summed E-state index contributed by atoms with van der Waals surface area (Å²) in [6.45, 7) is 18.4. The van der Waals surface area contributed by atoms with Crippen LogP contribution in [0.1, 0.15) is 101 Å². The van der Waals surface area contributed by atoms with E-state index in [1.165, 1.54) is 44.8 Å². The Labute approximate surface area is 219 Å². The molecule has 0 atom stereocenters. The van der Waals surface area contributed by atoms with Crippen molar-refractivity contribution in [2.75, 3.05) is 0 Å². The number of imidazole rings is 1. The Morgan fingerprint density at radius 3 is 1.53 bits per heavy atom. The van der Waals surface area contributed by atoms with Gasteiger partial charge in [0.05, 0.1) is 0 Å². The Hall–Kier alpha value is -3.07. The standard InChI is InChI=1S/C33H41BN2/c1-22(2)27-16-12-17-28(23(3)4)31(27)35-20-21-36(33(35)34-26-14-10-9-11-15-26)32-29(24(5)6)18-13-19-30(32)25(7)8/h9-25H,1-8H3. The average Bonchev–Trinajstić information content (AvgIpc) is 3.26. The third-order valence-electron chi connectivity index (χ3n) is 7.12. The summed E-state index contributed by atoms with van der Waals surface area (Å²) in [5, 5.41) is 0. The number of nitrogens with zero attached hydrogens (tertiary/aromatic N) is 2. The molecule has 2 radical (unpaired) electrons. The topological polar surface area (TPSA) is 8.81 Å². The molecule has 0 aliphatic rings. The number of para-hydroxylation sites is 2. The Morgan fingerprint density at radius 2 is 1.06 bits per heavy atom. The molecule has 0 amide bonds. The van der Waals surface area contributed by atoms with Crippen molar-refractivity contribution in [3.05, 3.63) is 101 Å². The van der Waals surface area contributed by atoms with Crippen molar-refractivity contribution in [2.45, 2.75) is 79.1 Å². The Balaban J connectivity index is 2.08. The molecule has 36 heavy (non-hydrogen) atoms. The highest BCUT2D eigenvalue weighted by molar-refractivity contribution is 6.65. The van der Waals surface area contributed by atoms with Gasteiger partial charge in [-0.3, -0.25) is 5.46 Å². The zero-order chi connectivity index (χ0) is 26.0. The average molecular weight is 477 g/mol. The van der Waals surface area contributed by atoms with E-state index in [9.17, 15) is 0 Å². The van der Waals surface area contributed by atoms with Crippen molar-refractivity contribution in [3.63, 3.8) is 0 Å². The van der Waals surface area contributed by atoms with Gasteiger partial charge in [0.1, 0.15) is 23.8 Å². The SMILES string of the molecule is CC(C)c1cccc(C(C)C)c1-n1cc[n+](-c2c(C(C)C)cccc2C(C)C)c1[B-]c1ccccc1. The second-order valence-electron chi connectivity index (χ2n) is 11.1. The van der Waals surface area contributed by atoms with E-state index in [1.54, 1.807) is 0 Å². The van der Waals surface area contributed by atoms with E-state index in [4.69, 9.17) is 0 Å². The van der Waals surface area contributed by atoms with Gasteiger partial charge in [-0.05, 0) is 23.7 Å². The van der Waals surface area contributed by atoms with Crippen molar-refractivity contribution in [1.82, 2.24) is 4.57 Å². The summed E-state index contributed by atoms with van der Waals surface area (Å²) in [7, 11) is 2.34. The second-order valence-corrected chi connectivity index (χ2v) is 11.1. The Bertz CT molecular complexity index is 1180. The van der Waals surface area contributed by atoms with Gasteiger partial charge in [0.15, 0.2) is 0 Å². The van der Waals surface area contributed by atoms with Gasteiger partial charge >= 0.3 is 0 Å². The molecule has 0 saturated carbocycles. The third-order valence-corrected chi connectivity index (χ3v) is 7.12. The molecule has 0 saturated heterocycles. The van der Waals surface area contributed by atoms with Gasteiger partial charge in [0.2, 0.25) is 0 Å². The molecule has 0 bridgehead atoms. The van der Waals surface area contributed by atoms with Crippen LogP contribution in [0.5, 0.6) is 0 Å². The quantitative estimate of drug-likeness (QED) is 0.193. The van der Waals surface area contributed by atoms with Crippen LogP contribution in [0, 0.1) is 0 Å². The van der Waals surface area contributed by atoms with Crippen LogP contribution in [0.3, 0.4) is 0 Å². The lowest BCUT2D eigenvalue weighted by Gasteiger charge is -2.24. The van der Waals surface area contributed by atoms with Gasteiger partial charge in [-0.1, -0.05) is 110 Å². The lowest BCUT2D eigenvalue weighted by Crippen LogP contribution is -2.55. The van der Waals surface area contributed by atoms with Crippen LogP contribution < -0.4 is 15.8 Å². The summed E-state index contributed by atoms with van der Waals surface area (Å²) < 4.78 is 4.86. The molecule has 4 rings (SSSR count). The highest BCUT2D eigenvalue weighted by atomic mass is 15.1. The van der Waals surface area contributed by atoms with Crippen LogP contribution in [0.2, 0.25) is 0 Å². The number of aromatic nitrogens is 2. The molecule has 0 aliphatic heterocycles. The fraction of sp³-hybridized carbons (Fsp3) is 0.364. The molecule has 1 heterocycles. The largest absolute Gasteiger partial charge is 0.267 e. The first kappa shape index (κ1) is 26.0. The number of benzene rings is 3. The molecule has 0 fully saturated rings. The lowest BCUT2D eigenvalue weighted by atomic mass is 9.68. The van der Waals surface area contributed by atoms with Crippen LogP contribution in [0.25, 0.3) is 11.4 Å². The van der Waals surface area contributed by atoms with E-state index in [-0.39, 0.29) is 0 Å². The molecule has 0 spiro atoms.